The minimum Gasteiger partial charge on any atom is -0.507 e. The van der Waals surface area contributed by atoms with Crippen LogP contribution >= 0.6 is 0 Å². The van der Waals surface area contributed by atoms with Crippen LogP contribution in [0.4, 0.5) is 0 Å². The summed E-state index contributed by atoms with van der Waals surface area (Å²) in [4.78, 5) is 23.1. The molecule has 0 unspecified atom stereocenters. The van der Waals surface area contributed by atoms with Crippen molar-refractivity contribution in [1.82, 2.24) is 0 Å². The van der Waals surface area contributed by atoms with Crippen LogP contribution in [0.3, 0.4) is 0 Å². The third-order valence-corrected chi connectivity index (χ3v) is 6.53. The third-order valence-electron chi connectivity index (χ3n) is 6.53. The lowest BCUT2D eigenvalue weighted by Crippen LogP contribution is -2.28. The van der Waals surface area contributed by atoms with Crippen molar-refractivity contribution in [2.75, 3.05) is 0 Å². The molecule has 0 atom stereocenters. The summed E-state index contributed by atoms with van der Waals surface area (Å²) >= 11 is 0. The monoisotopic (exact) mass is 550 g/mol. The highest BCUT2D eigenvalue weighted by Crippen LogP contribution is 2.40. The van der Waals surface area contributed by atoms with E-state index >= 15 is 0 Å². The summed E-state index contributed by atoms with van der Waals surface area (Å²) in [6, 6.07) is 17.3. The van der Waals surface area contributed by atoms with Crippen molar-refractivity contribution in [2.24, 2.45) is 0 Å². The number of aromatic hydroxyl groups is 1. The number of terminal acetylenes is 1. The average Bonchev–Trinajstić information content (AvgIpc) is 2.87. The lowest BCUT2D eigenvalue weighted by molar-refractivity contribution is 0.100. The molecule has 5 nitrogen and oxygen atoms in total. The van der Waals surface area contributed by atoms with E-state index in [0.717, 1.165) is 44.0 Å². The zero-order valence-corrected chi connectivity index (χ0v) is 25.0. The number of Topliss-reactive ketones (excluding diaryl/α,β-unsaturated/α-hetero) is 2. The van der Waals surface area contributed by atoms with E-state index in [1.54, 1.807) is 20.8 Å². The topological polar surface area (TPSA) is 83.8 Å². The van der Waals surface area contributed by atoms with Crippen molar-refractivity contribution < 1.29 is 24.5 Å². The molecule has 0 amide bonds. The molecule has 0 aliphatic carbocycles. The molecule has 212 valence electrons. The van der Waals surface area contributed by atoms with Crippen LogP contribution in [0, 0.1) is 26.2 Å². The maximum absolute atomic E-state index is 11.9. The minimum atomic E-state index is -0.931. The number of fused-ring (bicyclic) bond motifs is 4. The van der Waals surface area contributed by atoms with Gasteiger partial charge in [-0.1, -0.05) is 59.5 Å². The number of hydrogen-bond acceptors (Lipinski definition) is 5. The molecule has 1 aliphatic heterocycles. The van der Waals surface area contributed by atoms with E-state index < -0.39 is 5.60 Å². The van der Waals surface area contributed by atoms with Gasteiger partial charge in [0, 0.05) is 27.5 Å². The summed E-state index contributed by atoms with van der Waals surface area (Å²) in [6.07, 6.45) is 8.82. The molecule has 0 saturated carbocycles. The molecule has 1 heterocycles. The molecule has 5 heteroatoms. The summed E-state index contributed by atoms with van der Waals surface area (Å²) in [5.41, 5.74) is 3.18. The molecule has 5 rings (SSSR count). The number of rotatable bonds is 2. The van der Waals surface area contributed by atoms with Crippen LogP contribution in [-0.2, 0) is 0 Å². The van der Waals surface area contributed by atoms with E-state index in [4.69, 9.17) is 16.3 Å². The highest BCUT2D eigenvalue weighted by atomic mass is 16.5. The number of ketones is 2. The Bertz CT molecular complexity index is 1710. The van der Waals surface area contributed by atoms with Crippen molar-refractivity contribution >= 4 is 39.2 Å². The Kier molecular flexibility index (Phi) is 9.11. The second kappa shape index (κ2) is 12.0. The van der Waals surface area contributed by atoms with Crippen molar-refractivity contribution in [1.29, 1.82) is 0 Å². The number of aryl methyl sites for hydroxylation is 2. The molecule has 0 radical (unpaired) electrons. The molecule has 0 saturated heterocycles. The van der Waals surface area contributed by atoms with Crippen LogP contribution in [0.15, 0.2) is 60.7 Å². The Balaban J connectivity index is 0.000000194. The number of carbonyl (C=O) groups is 2. The first kappa shape index (κ1) is 31.1. The number of phenolic OH excluding ortho intramolecular Hbond substituents is 1. The van der Waals surface area contributed by atoms with Gasteiger partial charge >= 0.3 is 0 Å². The lowest BCUT2D eigenvalue weighted by Gasteiger charge is -2.30. The molecule has 0 fully saturated rings. The third kappa shape index (κ3) is 7.84. The van der Waals surface area contributed by atoms with Crippen LogP contribution in [0.5, 0.6) is 11.5 Å². The normalized spacial score (nSPS) is 13.1. The summed E-state index contributed by atoms with van der Waals surface area (Å²) in [6.45, 7) is 14.3. The quantitative estimate of drug-likeness (QED) is 0.195. The highest BCUT2D eigenvalue weighted by molar-refractivity contribution is 6.06. The summed E-state index contributed by atoms with van der Waals surface area (Å²) in [5.74, 6) is 3.18. The van der Waals surface area contributed by atoms with Gasteiger partial charge in [0.1, 0.15) is 22.7 Å². The molecule has 0 bridgehead atoms. The minimum absolute atomic E-state index is 0.0336. The van der Waals surface area contributed by atoms with Gasteiger partial charge in [-0.05, 0) is 90.4 Å². The molecule has 4 aromatic carbocycles. The van der Waals surface area contributed by atoms with Gasteiger partial charge in [-0.3, -0.25) is 9.59 Å². The largest absolute Gasteiger partial charge is 0.507 e. The Morgan fingerprint density at radius 2 is 1.41 bits per heavy atom. The standard InChI is InChI=1S/C18H18O2.C13H12O2.C5H8O/c1-11-5-6-14-13(9-11)10-16(12(2)19)15-7-8-18(3,4)20-17(14)15;1-8-3-4-12-11(5-8)6-10(9(2)14)7-13(12)15;1-4-5(2,3)6/h5-10H,1-4H3;3-7,15H,1-2H3;1,6H,2-3H3. The Labute approximate surface area is 242 Å². The summed E-state index contributed by atoms with van der Waals surface area (Å²) < 4.78 is 6.12. The number of aliphatic hydroxyl groups is 1. The SMILES string of the molecule is C#CC(C)(C)O.CC(=O)c1cc(O)c2ccc(C)cc2c1.CC(=O)c1cc2cc(C)ccc2c2c1C=CC(C)(C)O2. The number of ether oxygens (including phenoxy) is 1. The van der Waals surface area contributed by atoms with Crippen LogP contribution in [-0.4, -0.2) is 33.0 Å². The molecule has 2 N–H and O–H groups in total. The van der Waals surface area contributed by atoms with Gasteiger partial charge in [0.05, 0.1) is 0 Å². The average molecular weight is 551 g/mol. The predicted molar refractivity (Wildman–Crippen MR) is 168 cm³/mol. The second-order valence-corrected chi connectivity index (χ2v) is 11.5. The van der Waals surface area contributed by atoms with Gasteiger partial charge in [0.25, 0.3) is 0 Å². The first-order valence-corrected chi connectivity index (χ1v) is 13.4. The van der Waals surface area contributed by atoms with Gasteiger partial charge in [-0.25, -0.2) is 0 Å². The zero-order chi connectivity index (χ0) is 30.7. The van der Waals surface area contributed by atoms with Crippen molar-refractivity contribution in [2.45, 2.75) is 66.6 Å². The summed E-state index contributed by atoms with van der Waals surface area (Å²) in [7, 11) is 0. The van der Waals surface area contributed by atoms with Crippen LogP contribution in [0.25, 0.3) is 27.6 Å². The maximum atomic E-state index is 11.9. The Hall–Kier alpha value is -4.40. The van der Waals surface area contributed by atoms with Gasteiger partial charge in [-0.2, -0.15) is 0 Å². The number of benzene rings is 4. The van der Waals surface area contributed by atoms with Crippen LogP contribution < -0.4 is 4.74 Å². The maximum Gasteiger partial charge on any atom is 0.160 e. The predicted octanol–water partition coefficient (Wildman–Crippen LogP) is 7.98. The van der Waals surface area contributed by atoms with E-state index in [9.17, 15) is 14.7 Å². The lowest BCUT2D eigenvalue weighted by atomic mass is 9.92. The van der Waals surface area contributed by atoms with E-state index in [1.807, 2.05) is 63.3 Å². The highest BCUT2D eigenvalue weighted by Gasteiger charge is 2.26. The first-order valence-electron chi connectivity index (χ1n) is 13.4. The van der Waals surface area contributed by atoms with E-state index in [1.165, 1.54) is 18.6 Å². The molecule has 0 aromatic heterocycles. The zero-order valence-electron chi connectivity index (χ0n) is 25.0. The number of hydrogen-bond donors (Lipinski definition) is 2. The molecule has 1 aliphatic rings. The van der Waals surface area contributed by atoms with E-state index in [0.29, 0.717) is 5.56 Å². The van der Waals surface area contributed by atoms with Gasteiger partial charge in [0.15, 0.2) is 11.6 Å². The fraction of sp³-hybridized carbons (Fsp3) is 0.278. The van der Waals surface area contributed by atoms with Gasteiger partial charge in [-0.15, -0.1) is 6.42 Å². The molecule has 4 aromatic rings. The van der Waals surface area contributed by atoms with Crippen molar-refractivity contribution in [3.63, 3.8) is 0 Å². The van der Waals surface area contributed by atoms with Gasteiger partial charge in [0.2, 0.25) is 0 Å². The Morgan fingerprint density at radius 1 is 0.878 bits per heavy atom. The van der Waals surface area contributed by atoms with Crippen molar-refractivity contribution in [3.05, 3.63) is 88.5 Å². The molecular formula is C36H38O5. The molecule has 0 spiro atoms. The van der Waals surface area contributed by atoms with Crippen molar-refractivity contribution in [3.8, 4) is 23.8 Å². The summed E-state index contributed by atoms with van der Waals surface area (Å²) in [5, 5.41) is 22.1. The molecular weight excluding hydrogens is 512 g/mol. The smallest absolute Gasteiger partial charge is 0.160 e. The van der Waals surface area contributed by atoms with E-state index in [-0.39, 0.29) is 22.9 Å². The molecule has 41 heavy (non-hydrogen) atoms. The Morgan fingerprint density at radius 3 is 1.93 bits per heavy atom. The first-order chi connectivity index (χ1) is 19.0. The fourth-order valence-electron chi connectivity index (χ4n) is 4.33. The second-order valence-electron chi connectivity index (χ2n) is 11.5. The van der Waals surface area contributed by atoms with Crippen LogP contribution in [0.2, 0.25) is 0 Å². The number of phenols is 1. The number of carbonyl (C=O) groups excluding carboxylic acids is 2. The fourth-order valence-corrected chi connectivity index (χ4v) is 4.33. The van der Waals surface area contributed by atoms with Gasteiger partial charge < -0.3 is 14.9 Å². The van der Waals surface area contributed by atoms with Crippen LogP contribution in [0.1, 0.15) is 78.9 Å². The van der Waals surface area contributed by atoms with E-state index in [2.05, 4.69) is 31.0 Å².